The van der Waals surface area contributed by atoms with Gasteiger partial charge in [0.1, 0.15) is 0 Å². The number of nitrogens with zero attached hydrogens (tertiary/aromatic N) is 2. The molecule has 0 radical (unpaired) electrons. The van der Waals surface area contributed by atoms with E-state index in [-0.39, 0.29) is 12.0 Å². The molecule has 0 atom stereocenters. The highest BCUT2D eigenvalue weighted by atomic mass is 16.3. The van der Waals surface area contributed by atoms with Gasteiger partial charge in [0.25, 0.3) is 5.91 Å². The van der Waals surface area contributed by atoms with E-state index in [9.17, 15) is 9.90 Å². The van der Waals surface area contributed by atoms with Gasteiger partial charge in [0.05, 0.1) is 17.4 Å². The van der Waals surface area contributed by atoms with Crippen LogP contribution < -0.4 is 10.2 Å². The average molecular weight is 430 g/mol. The van der Waals surface area contributed by atoms with Crippen molar-refractivity contribution in [3.8, 4) is 11.1 Å². The molecule has 32 heavy (non-hydrogen) atoms. The third-order valence-corrected chi connectivity index (χ3v) is 5.96. The molecule has 5 heteroatoms. The Morgan fingerprint density at radius 1 is 0.906 bits per heavy atom. The Hall–Kier alpha value is -3.18. The Kier molecular flexibility index (Phi) is 6.28. The quantitative estimate of drug-likeness (QED) is 0.599. The van der Waals surface area contributed by atoms with Gasteiger partial charge in [-0.25, -0.2) is 0 Å². The number of hydrogen-bond donors (Lipinski definition) is 2. The van der Waals surface area contributed by atoms with E-state index in [0.717, 1.165) is 33.6 Å². The lowest BCUT2D eigenvalue weighted by Crippen LogP contribution is -2.37. The zero-order valence-electron chi connectivity index (χ0n) is 19.3. The highest BCUT2D eigenvalue weighted by Crippen LogP contribution is 2.36. The number of aryl methyl sites for hydroxylation is 4. The fourth-order valence-corrected chi connectivity index (χ4v) is 4.64. The van der Waals surface area contributed by atoms with Crippen molar-refractivity contribution in [3.05, 3.63) is 76.6 Å². The van der Waals surface area contributed by atoms with Crippen molar-refractivity contribution in [2.45, 2.75) is 46.6 Å². The number of aliphatic hydroxyl groups is 1. The van der Waals surface area contributed by atoms with Gasteiger partial charge in [0.2, 0.25) is 0 Å². The highest BCUT2D eigenvalue weighted by molar-refractivity contribution is 6.10. The van der Waals surface area contributed by atoms with Crippen LogP contribution in [0.3, 0.4) is 0 Å². The SMILES string of the molecule is Cc1cc(C)cc(NC(=O)c2cncc(-c3cc(C)cc(C)c3)c2N2CCC(O)CC2)c1. The average Bonchev–Trinajstić information content (AvgIpc) is 2.72. The van der Waals surface area contributed by atoms with Crippen LogP contribution in [-0.4, -0.2) is 35.2 Å². The van der Waals surface area contributed by atoms with Gasteiger partial charge >= 0.3 is 0 Å². The molecule has 4 rings (SSSR count). The number of amides is 1. The van der Waals surface area contributed by atoms with Gasteiger partial charge in [-0.3, -0.25) is 9.78 Å². The molecule has 0 saturated carbocycles. The van der Waals surface area contributed by atoms with Crippen LogP contribution in [0.2, 0.25) is 0 Å². The fraction of sp³-hybridized carbons (Fsp3) is 0.333. The summed E-state index contributed by atoms with van der Waals surface area (Å²) in [4.78, 5) is 20.1. The summed E-state index contributed by atoms with van der Waals surface area (Å²) in [6, 6.07) is 12.5. The smallest absolute Gasteiger partial charge is 0.259 e. The van der Waals surface area contributed by atoms with Gasteiger partial charge in [-0.1, -0.05) is 35.4 Å². The van der Waals surface area contributed by atoms with Gasteiger partial charge in [-0.15, -0.1) is 0 Å². The number of piperidine rings is 1. The number of hydrogen-bond acceptors (Lipinski definition) is 4. The zero-order chi connectivity index (χ0) is 22.8. The third kappa shape index (κ3) is 4.83. The number of rotatable bonds is 4. The molecule has 1 aromatic heterocycles. The second-order valence-corrected chi connectivity index (χ2v) is 9.01. The summed E-state index contributed by atoms with van der Waals surface area (Å²) in [5, 5.41) is 13.1. The van der Waals surface area contributed by atoms with E-state index in [1.807, 2.05) is 32.2 Å². The predicted octanol–water partition coefficient (Wildman–Crippen LogP) is 5.20. The van der Waals surface area contributed by atoms with Crippen LogP contribution in [-0.2, 0) is 0 Å². The molecule has 0 aliphatic carbocycles. The molecule has 0 spiro atoms. The second kappa shape index (κ2) is 9.13. The van der Waals surface area contributed by atoms with Gasteiger partial charge in [0.15, 0.2) is 0 Å². The summed E-state index contributed by atoms with van der Waals surface area (Å²) < 4.78 is 0. The lowest BCUT2D eigenvalue weighted by molar-refractivity contribution is 0.102. The van der Waals surface area contributed by atoms with Crippen molar-refractivity contribution < 1.29 is 9.90 Å². The van der Waals surface area contributed by atoms with E-state index in [0.29, 0.717) is 31.5 Å². The first-order valence-electron chi connectivity index (χ1n) is 11.2. The second-order valence-electron chi connectivity index (χ2n) is 9.01. The molecule has 2 heterocycles. The Morgan fingerprint density at radius 3 is 2.06 bits per heavy atom. The standard InChI is InChI=1S/C27H31N3O2/c1-17-9-18(2)12-21(11-17)24-15-28-16-25(26(24)30-7-5-23(31)6-8-30)27(32)29-22-13-19(3)10-20(4)14-22/h9-16,23,31H,5-8H2,1-4H3,(H,29,32). The minimum atomic E-state index is -0.287. The van der Waals surface area contributed by atoms with Gasteiger partial charge in [-0.2, -0.15) is 0 Å². The monoisotopic (exact) mass is 429 g/mol. The van der Waals surface area contributed by atoms with Crippen LogP contribution in [0.15, 0.2) is 48.8 Å². The molecule has 1 fully saturated rings. The van der Waals surface area contributed by atoms with E-state index >= 15 is 0 Å². The number of nitrogens with one attached hydrogen (secondary N) is 1. The maximum absolute atomic E-state index is 13.5. The first kappa shape index (κ1) is 22.0. The summed E-state index contributed by atoms with van der Waals surface area (Å²) in [5.74, 6) is -0.171. The number of carbonyl (C=O) groups is 1. The van der Waals surface area contributed by atoms with Gasteiger partial charge in [-0.05, 0) is 69.4 Å². The molecule has 166 valence electrons. The molecule has 0 unspecified atom stereocenters. The molecule has 2 N–H and O–H groups in total. The lowest BCUT2D eigenvalue weighted by atomic mass is 9.96. The van der Waals surface area contributed by atoms with Crippen LogP contribution in [0.5, 0.6) is 0 Å². The number of anilines is 2. The van der Waals surface area contributed by atoms with E-state index in [1.165, 1.54) is 11.1 Å². The third-order valence-electron chi connectivity index (χ3n) is 5.96. The van der Waals surface area contributed by atoms with Crippen molar-refractivity contribution in [1.29, 1.82) is 0 Å². The zero-order valence-corrected chi connectivity index (χ0v) is 19.3. The first-order chi connectivity index (χ1) is 15.3. The molecular weight excluding hydrogens is 398 g/mol. The molecule has 1 aliphatic rings. The summed E-state index contributed by atoms with van der Waals surface area (Å²) in [6.45, 7) is 9.61. The maximum Gasteiger partial charge on any atom is 0.259 e. The lowest BCUT2D eigenvalue weighted by Gasteiger charge is -2.34. The largest absolute Gasteiger partial charge is 0.393 e. The molecule has 1 aliphatic heterocycles. The topological polar surface area (TPSA) is 65.5 Å². The molecule has 1 saturated heterocycles. The summed E-state index contributed by atoms with van der Waals surface area (Å²) in [5.41, 5.74) is 8.77. The molecule has 5 nitrogen and oxygen atoms in total. The van der Waals surface area contributed by atoms with Gasteiger partial charge in [0, 0.05) is 36.7 Å². The van der Waals surface area contributed by atoms with Crippen LogP contribution in [0.4, 0.5) is 11.4 Å². The highest BCUT2D eigenvalue weighted by Gasteiger charge is 2.26. The van der Waals surface area contributed by atoms with Crippen molar-refractivity contribution >= 4 is 17.3 Å². The Balaban J connectivity index is 1.80. The summed E-state index contributed by atoms with van der Waals surface area (Å²) in [6.07, 6.45) is 4.59. The van der Waals surface area contributed by atoms with Crippen molar-refractivity contribution in [1.82, 2.24) is 4.98 Å². The van der Waals surface area contributed by atoms with Crippen molar-refractivity contribution in [2.75, 3.05) is 23.3 Å². The van der Waals surface area contributed by atoms with E-state index < -0.39 is 0 Å². The molecule has 1 amide bonds. The van der Waals surface area contributed by atoms with Crippen molar-refractivity contribution in [3.63, 3.8) is 0 Å². The number of benzene rings is 2. The van der Waals surface area contributed by atoms with E-state index in [2.05, 4.69) is 53.3 Å². The minimum absolute atomic E-state index is 0.171. The Bertz CT molecular complexity index is 1110. The number of pyridine rings is 1. The molecule has 2 aromatic carbocycles. The summed E-state index contributed by atoms with van der Waals surface area (Å²) in [7, 11) is 0. The van der Waals surface area contributed by atoms with Crippen LogP contribution in [0.1, 0.15) is 45.5 Å². The maximum atomic E-state index is 13.5. The van der Waals surface area contributed by atoms with Crippen LogP contribution in [0.25, 0.3) is 11.1 Å². The number of aromatic nitrogens is 1. The number of aliphatic hydroxyl groups excluding tert-OH is 1. The molecule has 0 bridgehead atoms. The first-order valence-corrected chi connectivity index (χ1v) is 11.2. The Morgan fingerprint density at radius 2 is 1.47 bits per heavy atom. The normalized spacial score (nSPS) is 14.5. The fourth-order valence-electron chi connectivity index (χ4n) is 4.64. The van der Waals surface area contributed by atoms with Crippen molar-refractivity contribution in [2.24, 2.45) is 0 Å². The van der Waals surface area contributed by atoms with Gasteiger partial charge < -0.3 is 15.3 Å². The Labute approximate surface area is 190 Å². The summed E-state index contributed by atoms with van der Waals surface area (Å²) >= 11 is 0. The predicted molar refractivity (Wildman–Crippen MR) is 130 cm³/mol. The van der Waals surface area contributed by atoms with Crippen LogP contribution in [0, 0.1) is 27.7 Å². The molecular formula is C27H31N3O2. The van der Waals surface area contributed by atoms with E-state index in [4.69, 9.17) is 0 Å². The minimum Gasteiger partial charge on any atom is -0.393 e. The number of carbonyl (C=O) groups excluding carboxylic acids is 1. The van der Waals surface area contributed by atoms with Crippen LogP contribution >= 0.6 is 0 Å². The molecule has 3 aromatic rings. The van der Waals surface area contributed by atoms with E-state index in [1.54, 1.807) is 6.20 Å².